The first-order valence-electron chi connectivity index (χ1n) is 11.5. The number of aromatic hydroxyl groups is 1. The first kappa shape index (κ1) is 29.6. The minimum absolute atomic E-state index is 0.0260. The van der Waals surface area contributed by atoms with Gasteiger partial charge in [-0.3, -0.25) is 14.4 Å². The lowest BCUT2D eigenvalue weighted by atomic mass is 10.0. The zero-order valence-corrected chi connectivity index (χ0v) is 21.1. The van der Waals surface area contributed by atoms with Gasteiger partial charge in [0.15, 0.2) is 6.04 Å². The molecule has 0 fully saturated rings. The molecule has 2 rings (SSSR count). The van der Waals surface area contributed by atoms with E-state index in [0.29, 0.717) is 11.1 Å². The van der Waals surface area contributed by atoms with Crippen molar-refractivity contribution < 1.29 is 34.5 Å². The van der Waals surface area contributed by atoms with Gasteiger partial charge in [0.25, 0.3) is 0 Å². The van der Waals surface area contributed by atoms with E-state index in [1.807, 2.05) is 0 Å². The lowest BCUT2D eigenvalue weighted by Crippen LogP contribution is -2.59. The van der Waals surface area contributed by atoms with Gasteiger partial charge in [0.05, 0.1) is 12.1 Å². The van der Waals surface area contributed by atoms with Crippen molar-refractivity contribution >= 4 is 36.3 Å². The van der Waals surface area contributed by atoms with Crippen LogP contribution in [0.1, 0.15) is 18.1 Å². The molecule has 0 saturated carbocycles. The van der Waals surface area contributed by atoms with Crippen LogP contribution in [0.5, 0.6) is 5.75 Å². The minimum atomic E-state index is -1.58. The largest absolute Gasteiger partial charge is 0.508 e. The molecule has 0 saturated heterocycles. The molecule has 2 aromatic carbocycles. The Morgan fingerprint density at radius 2 is 1.38 bits per heavy atom. The van der Waals surface area contributed by atoms with Crippen LogP contribution in [0.15, 0.2) is 54.6 Å². The minimum Gasteiger partial charge on any atom is -0.508 e. The predicted molar refractivity (Wildman–Crippen MR) is 139 cm³/mol. The molecule has 0 aliphatic heterocycles. The van der Waals surface area contributed by atoms with Crippen LogP contribution in [0.4, 0.5) is 0 Å². The van der Waals surface area contributed by atoms with Gasteiger partial charge in [-0.1, -0.05) is 42.5 Å². The Labute approximate surface area is 219 Å². The monoisotopic (exact) mass is 532 g/mol. The van der Waals surface area contributed by atoms with Crippen LogP contribution in [0.2, 0.25) is 0 Å². The highest BCUT2D eigenvalue weighted by molar-refractivity contribution is 7.80. The maximum atomic E-state index is 13.0. The highest BCUT2D eigenvalue weighted by Crippen LogP contribution is 2.11. The summed E-state index contributed by atoms with van der Waals surface area (Å²) in [4.78, 5) is 50.0. The van der Waals surface area contributed by atoms with E-state index in [9.17, 15) is 34.5 Å². The standard InChI is InChI=1S/C25H32N4O7S/c1-14(30)21(25(35)36)29-23(33)19(12-15-5-3-2-4-6-15)27-24(34)20(13-37)28-22(32)18(26)11-16-7-9-17(31)10-8-16/h2-10,14,18-21,30-31,37H,11-13,26H2,1H3,(H,27,34)(H,28,32)(H,29,33)(H,35,36). The molecule has 0 radical (unpaired) electrons. The number of hydrogen-bond acceptors (Lipinski definition) is 8. The van der Waals surface area contributed by atoms with Gasteiger partial charge in [-0.15, -0.1) is 0 Å². The molecule has 11 nitrogen and oxygen atoms in total. The number of carbonyl (C=O) groups is 4. The first-order chi connectivity index (χ1) is 17.5. The summed E-state index contributed by atoms with van der Waals surface area (Å²) >= 11 is 4.14. The van der Waals surface area contributed by atoms with Crippen molar-refractivity contribution in [2.75, 3.05) is 5.75 Å². The molecule has 5 unspecified atom stereocenters. The Bertz CT molecular complexity index is 1070. The molecular formula is C25H32N4O7S. The van der Waals surface area contributed by atoms with E-state index in [-0.39, 0.29) is 24.3 Å². The average Bonchev–Trinajstić information content (AvgIpc) is 2.86. The second-order valence-electron chi connectivity index (χ2n) is 8.54. The Balaban J connectivity index is 2.11. The second kappa shape index (κ2) is 14.2. The summed E-state index contributed by atoms with van der Waals surface area (Å²) < 4.78 is 0. The number of thiol groups is 1. The Morgan fingerprint density at radius 3 is 1.92 bits per heavy atom. The number of phenols is 1. The maximum Gasteiger partial charge on any atom is 0.328 e. The third-order valence-electron chi connectivity index (χ3n) is 5.51. The van der Waals surface area contributed by atoms with Crippen LogP contribution in [-0.4, -0.2) is 75.0 Å². The molecule has 5 atom stereocenters. The molecule has 12 heteroatoms. The number of hydrogen-bond donors (Lipinski definition) is 8. The molecule has 8 N–H and O–H groups in total. The topological polar surface area (TPSA) is 191 Å². The summed E-state index contributed by atoms with van der Waals surface area (Å²) in [6, 6.07) is 9.98. The van der Waals surface area contributed by atoms with Crippen molar-refractivity contribution in [1.82, 2.24) is 16.0 Å². The van der Waals surface area contributed by atoms with Crippen LogP contribution < -0.4 is 21.7 Å². The van der Waals surface area contributed by atoms with E-state index >= 15 is 0 Å². The van der Waals surface area contributed by atoms with E-state index < -0.39 is 54.0 Å². The van der Waals surface area contributed by atoms with Gasteiger partial charge in [-0.2, -0.15) is 12.6 Å². The number of nitrogens with one attached hydrogen (secondary N) is 3. The van der Waals surface area contributed by atoms with Crippen molar-refractivity contribution in [1.29, 1.82) is 0 Å². The molecule has 0 aromatic heterocycles. The molecular weight excluding hydrogens is 500 g/mol. The average molecular weight is 533 g/mol. The summed E-state index contributed by atoms with van der Waals surface area (Å²) in [7, 11) is 0. The number of carbonyl (C=O) groups excluding carboxylic acids is 3. The third-order valence-corrected chi connectivity index (χ3v) is 5.87. The summed E-state index contributed by atoms with van der Waals surface area (Å²) in [5, 5.41) is 35.7. The number of aliphatic carboxylic acids is 1. The summed E-state index contributed by atoms with van der Waals surface area (Å²) in [6.07, 6.45) is -1.20. The molecule has 0 aliphatic rings. The second-order valence-corrected chi connectivity index (χ2v) is 8.90. The predicted octanol–water partition coefficient (Wildman–Crippen LogP) is -0.646. The van der Waals surface area contributed by atoms with E-state index in [4.69, 9.17) is 5.73 Å². The van der Waals surface area contributed by atoms with Crippen molar-refractivity contribution in [2.24, 2.45) is 5.73 Å². The Morgan fingerprint density at radius 1 is 0.838 bits per heavy atom. The smallest absolute Gasteiger partial charge is 0.328 e. The third kappa shape index (κ3) is 9.41. The van der Waals surface area contributed by atoms with Crippen molar-refractivity contribution in [3.05, 3.63) is 65.7 Å². The number of benzene rings is 2. The van der Waals surface area contributed by atoms with Gasteiger partial charge in [-0.05, 0) is 36.6 Å². The number of phenolic OH excluding ortho intramolecular Hbond substituents is 1. The fourth-order valence-corrected chi connectivity index (χ4v) is 3.68. The molecule has 0 heterocycles. The SMILES string of the molecule is CC(O)C(NC(=O)C(Cc1ccccc1)NC(=O)C(CS)NC(=O)C(N)Cc1ccc(O)cc1)C(=O)O. The molecule has 37 heavy (non-hydrogen) atoms. The number of carboxylic acid groups (broad SMARTS) is 1. The molecule has 3 amide bonds. The van der Waals surface area contributed by atoms with Crippen molar-refractivity contribution in [2.45, 2.75) is 50.0 Å². The normalized spacial score (nSPS) is 14.9. The van der Waals surface area contributed by atoms with Crippen molar-refractivity contribution in [3.63, 3.8) is 0 Å². The zero-order chi connectivity index (χ0) is 27.5. The fraction of sp³-hybridized carbons (Fsp3) is 0.360. The van der Waals surface area contributed by atoms with Crippen LogP contribution in [0.25, 0.3) is 0 Å². The number of aliphatic hydroxyl groups is 1. The van der Waals surface area contributed by atoms with Crippen molar-refractivity contribution in [3.8, 4) is 5.75 Å². The maximum absolute atomic E-state index is 13.0. The summed E-state index contributed by atoms with van der Waals surface area (Å²) in [5.74, 6) is -3.62. The number of amides is 3. The Hall–Kier alpha value is -3.61. The first-order valence-corrected chi connectivity index (χ1v) is 12.1. The highest BCUT2D eigenvalue weighted by Gasteiger charge is 2.31. The summed E-state index contributed by atoms with van der Waals surface area (Å²) in [6.45, 7) is 1.22. The van der Waals surface area contributed by atoms with Crippen LogP contribution in [-0.2, 0) is 32.0 Å². The van der Waals surface area contributed by atoms with E-state index in [1.54, 1.807) is 42.5 Å². The van der Waals surface area contributed by atoms with Crippen LogP contribution in [0, 0.1) is 0 Å². The van der Waals surface area contributed by atoms with Crippen LogP contribution in [0.3, 0.4) is 0 Å². The molecule has 0 spiro atoms. The lowest BCUT2D eigenvalue weighted by molar-refractivity contribution is -0.145. The van der Waals surface area contributed by atoms with Gasteiger partial charge >= 0.3 is 5.97 Å². The fourth-order valence-electron chi connectivity index (χ4n) is 3.43. The van der Waals surface area contributed by atoms with Gasteiger partial charge in [0, 0.05) is 12.2 Å². The molecule has 0 bridgehead atoms. The molecule has 2 aromatic rings. The molecule has 0 aliphatic carbocycles. The molecule has 200 valence electrons. The van der Waals surface area contributed by atoms with E-state index in [0.717, 1.165) is 0 Å². The zero-order valence-electron chi connectivity index (χ0n) is 20.2. The highest BCUT2D eigenvalue weighted by atomic mass is 32.1. The summed E-state index contributed by atoms with van der Waals surface area (Å²) in [5.41, 5.74) is 7.37. The van der Waals surface area contributed by atoms with Crippen LogP contribution >= 0.6 is 12.6 Å². The van der Waals surface area contributed by atoms with Gasteiger partial charge < -0.3 is 37.0 Å². The number of carboxylic acids is 1. The number of aliphatic hydroxyl groups excluding tert-OH is 1. The Kier molecular flexibility index (Phi) is 11.4. The quantitative estimate of drug-likeness (QED) is 0.156. The lowest BCUT2D eigenvalue weighted by Gasteiger charge is -2.25. The van der Waals surface area contributed by atoms with Gasteiger partial charge in [0.1, 0.15) is 17.8 Å². The number of rotatable bonds is 13. The van der Waals surface area contributed by atoms with Gasteiger partial charge in [0.2, 0.25) is 17.7 Å². The number of nitrogens with two attached hydrogens (primary N) is 1. The van der Waals surface area contributed by atoms with Gasteiger partial charge in [-0.25, -0.2) is 4.79 Å². The van der Waals surface area contributed by atoms with E-state index in [2.05, 4.69) is 28.6 Å². The van der Waals surface area contributed by atoms with E-state index in [1.165, 1.54) is 19.1 Å².